The summed E-state index contributed by atoms with van der Waals surface area (Å²) in [4.78, 5) is 55.1. The van der Waals surface area contributed by atoms with Gasteiger partial charge in [0.1, 0.15) is 23.6 Å². The van der Waals surface area contributed by atoms with Crippen LogP contribution >= 0.6 is 0 Å². The summed E-state index contributed by atoms with van der Waals surface area (Å²) in [5.74, 6) is -2.48. The molecule has 2 fully saturated rings. The minimum Gasteiger partial charge on any atom is -0.481 e. The highest BCUT2D eigenvalue weighted by atomic mass is 16.5. The highest BCUT2D eigenvalue weighted by molar-refractivity contribution is 5.90. The quantitative estimate of drug-likeness (QED) is 0.271. The number of carboxylic acids is 1. The fourth-order valence-electron chi connectivity index (χ4n) is 5.36. The second-order valence-corrected chi connectivity index (χ2v) is 12.1. The lowest BCUT2D eigenvalue weighted by Crippen LogP contribution is -2.61. The van der Waals surface area contributed by atoms with Gasteiger partial charge < -0.3 is 25.6 Å². The first-order valence-corrected chi connectivity index (χ1v) is 15.2. The second kappa shape index (κ2) is 14.3. The predicted octanol–water partition coefficient (Wildman–Crippen LogP) is 2.32. The molecule has 1 aromatic carbocycles. The number of carbonyl (C=O) groups is 4. The lowest BCUT2D eigenvalue weighted by Gasteiger charge is -2.35. The minimum absolute atomic E-state index is 0.145. The van der Waals surface area contributed by atoms with Crippen LogP contribution in [-0.2, 0) is 23.9 Å². The number of rotatable bonds is 10. The smallest absolute Gasteiger partial charge is 0.315 e. The number of nitrogens with one attached hydrogen (secondary N) is 3. The number of pyridine rings is 1. The summed E-state index contributed by atoms with van der Waals surface area (Å²) in [6, 6.07) is 7.53. The summed E-state index contributed by atoms with van der Waals surface area (Å²) in [5, 5.41) is 27.6. The van der Waals surface area contributed by atoms with Crippen LogP contribution in [0.15, 0.2) is 36.4 Å². The Hall–Kier alpha value is -3.87. The van der Waals surface area contributed by atoms with E-state index >= 15 is 0 Å². The Balaban J connectivity index is 1.39. The molecule has 1 unspecified atom stereocenters. The highest BCUT2D eigenvalue weighted by Crippen LogP contribution is 2.32. The van der Waals surface area contributed by atoms with Gasteiger partial charge in [-0.25, -0.2) is 5.43 Å². The number of aliphatic carboxylic acids is 1. The number of hydrazine groups is 1. The summed E-state index contributed by atoms with van der Waals surface area (Å²) in [7, 11) is 0. The number of benzene rings is 1. The summed E-state index contributed by atoms with van der Waals surface area (Å²) in [6.45, 7) is 7.89. The van der Waals surface area contributed by atoms with Crippen LogP contribution in [0.3, 0.4) is 0 Å². The van der Waals surface area contributed by atoms with Crippen LogP contribution in [0.25, 0.3) is 17.0 Å². The number of nitrogens with zero attached hydrogens (tertiary/aromatic N) is 2. The molecule has 2 aliphatic rings. The lowest BCUT2D eigenvalue weighted by molar-refractivity contribution is -0.152. The normalized spacial score (nSPS) is 22.9. The van der Waals surface area contributed by atoms with Crippen LogP contribution in [0.4, 0.5) is 0 Å². The Morgan fingerprint density at radius 1 is 1.11 bits per heavy atom. The van der Waals surface area contributed by atoms with Crippen molar-refractivity contribution in [3.63, 3.8) is 0 Å². The van der Waals surface area contributed by atoms with Crippen LogP contribution < -0.4 is 16.1 Å². The fraction of sp³-hybridized carbons (Fsp3) is 0.531. The van der Waals surface area contributed by atoms with Crippen LogP contribution in [0.1, 0.15) is 70.7 Å². The molecule has 2 aliphatic heterocycles. The number of aromatic nitrogens is 1. The molecular formula is C32H43N5O7. The third-order valence-corrected chi connectivity index (χ3v) is 8.23. The maximum Gasteiger partial charge on any atom is 0.315 e. The summed E-state index contributed by atoms with van der Waals surface area (Å²) < 4.78 is 5.45. The van der Waals surface area contributed by atoms with Gasteiger partial charge in [-0.3, -0.25) is 29.2 Å². The van der Waals surface area contributed by atoms with Crippen molar-refractivity contribution in [2.45, 2.75) is 77.6 Å². The number of fused-ring (bicyclic) bond motifs is 1. The molecule has 2 saturated heterocycles. The lowest BCUT2D eigenvalue weighted by atomic mass is 9.82. The Bertz CT molecular complexity index is 1400. The molecule has 0 spiro atoms. The molecule has 12 nitrogen and oxygen atoms in total. The van der Waals surface area contributed by atoms with Crippen molar-refractivity contribution in [3.05, 3.63) is 47.7 Å². The molecule has 0 saturated carbocycles. The van der Waals surface area contributed by atoms with E-state index in [1.165, 1.54) is 5.01 Å². The molecule has 0 aliphatic carbocycles. The van der Waals surface area contributed by atoms with E-state index in [1.54, 1.807) is 32.9 Å². The van der Waals surface area contributed by atoms with Gasteiger partial charge >= 0.3 is 5.97 Å². The Morgan fingerprint density at radius 2 is 1.86 bits per heavy atom. The van der Waals surface area contributed by atoms with Crippen LogP contribution in [0, 0.1) is 11.3 Å². The first-order valence-electron chi connectivity index (χ1n) is 15.2. The van der Waals surface area contributed by atoms with Gasteiger partial charge in [-0.1, -0.05) is 44.2 Å². The predicted molar refractivity (Wildman–Crippen MR) is 164 cm³/mol. The van der Waals surface area contributed by atoms with Gasteiger partial charge in [0.25, 0.3) is 5.91 Å². The first-order chi connectivity index (χ1) is 20.9. The average Bonchev–Trinajstić information content (AvgIpc) is 3.02. The van der Waals surface area contributed by atoms with E-state index in [9.17, 15) is 29.4 Å². The molecule has 1 aromatic heterocycles. The van der Waals surface area contributed by atoms with E-state index in [4.69, 9.17) is 9.72 Å². The molecule has 5 atom stereocenters. The molecule has 0 radical (unpaired) electrons. The standard InChI is InChI=1S/C32H43N5O7/c1-19(2)27(38)29(40)34-21(4)30(41)37-15-5-7-25(36-37)28(39)33-20(3)24-11-10-23-9-8-22(17-26(23)35-24)12-14-32(31(42)43)13-6-16-44-18-32/h8-12,14,17,19-21,25,27,36,38H,5-7,13,15-16,18H2,1-4H3,(H,33,39)(H,34,40)(H,42,43)/t20-,21+,25+,27+,32?/m1/s1. The van der Waals surface area contributed by atoms with Gasteiger partial charge in [-0.15, -0.1) is 0 Å². The zero-order valence-corrected chi connectivity index (χ0v) is 25.7. The number of ether oxygens (including phenoxy) is 1. The monoisotopic (exact) mass is 609 g/mol. The number of hydrogen-bond donors (Lipinski definition) is 5. The number of aliphatic hydroxyl groups excluding tert-OH is 1. The van der Waals surface area contributed by atoms with E-state index in [0.29, 0.717) is 50.0 Å². The van der Waals surface area contributed by atoms with Gasteiger partial charge in [0.05, 0.1) is 23.9 Å². The van der Waals surface area contributed by atoms with E-state index < -0.39 is 47.4 Å². The Labute approximate surface area is 257 Å². The molecule has 5 N–H and O–H groups in total. The van der Waals surface area contributed by atoms with E-state index in [2.05, 4.69) is 16.1 Å². The molecule has 0 bridgehead atoms. The number of aliphatic hydroxyl groups is 1. The molecule has 3 heterocycles. The summed E-state index contributed by atoms with van der Waals surface area (Å²) >= 11 is 0. The van der Waals surface area contributed by atoms with Gasteiger partial charge in [0, 0.05) is 18.5 Å². The largest absolute Gasteiger partial charge is 0.481 e. The van der Waals surface area contributed by atoms with Gasteiger partial charge in [0.2, 0.25) is 11.8 Å². The van der Waals surface area contributed by atoms with Crippen molar-refractivity contribution in [1.82, 2.24) is 26.1 Å². The fourth-order valence-corrected chi connectivity index (χ4v) is 5.36. The summed E-state index contributed by atoms with van der Waals surface area (Å²) in [6.07, 6.45) is 4.62. The molecule has 238 valence electrons. The third-order valence-electron chi connectivity index (χ3n) is 8.23. The zero-order valence-electron chi connectivity index (χ0n) is 25.7. The van der Waals surface area contributed by atoms with E-state index in [0.717, 1.165) is 10.9 Å². The third kappa shape index (κ3) is 7.79. The molecule has 44 heavy (non-hydrogen) atoms. The minimum atomic E-state index is -1.22. The number of amides is 3. The van der Waals surface area contributed by atoms with Gasteiger partial charge in [-0.05, 0) is 63.1 Å². The van der Waals surface area contributed by atoms with Crippen molar-refractivity contribution in [2.24, 2.45) is 11.3 Å². The van der Waals surface area contributed by atoms with Gasteiger partial charge in [0.15, 0.2) is 0 Å². The van der Waals surface area contributed by atoms with Crippen LogP contribution in [0.5, 0.6) is 0 Å². The van der Waals surface area contributed by atoms with Crippen molar-refractivity contribution in [3.8, 4) is 0 Å². The van der Waals surface area contributed by atoms with Crippen molar-refractivity contribution in [2.75, 3.05) is 19.8 Å². The average molecular weight is 610 g/mol. The molecule has 4 rings (SSSR count). The maximum absolute atomic E-state index is 13.2. The zero-order chi connectivity index (χ0) is 32.0. The van der Waals surface area contributed by atoms with Crippen LogP contribution in [0.2, 0.25) is 0 Å². The van der Waals surface area contributed by atoms with Crippen LogP contribution in [-0.4, -0.2) is 81.8 Å². The molecule has 2 aromatic rings. The number of hydrogen-bond acceptors (Lipinski definition) is 8. The molecular weight excluding hydrogens is 566 g/mol. The highest BCUT2D eigenvalue weighted by Gasteiger charge is 2.38. The Kier molecular flexibility index (Phi) is 10.7. The van der Waals surface area contributed by atoms with Crippen molar-refractivity contribution < 1.29 is 34.1 Å². The van der Waals surface area contributed by atoms with E-state index in [-0.39, 0.29) is 18.4 Å². The molecule has 3 amide bonds. The second-order valence-electron chi connectivity index (χ2n) is 12.1. The summed E-state index contributed by atoms with van der Waals surface area (Å²) in [5.41, 5.74) is 4.11. The topological polar surface area (TPSA) is 170 Å². The van der Waals surface area contributed by atoms with E-state index in [1.807, 2.05) is 37.3 Å². The number of carbonyl (C=O) groups excluding carboxylic acids is 3. The number of carboxylic acid groups (broad SMARTS) is 1. The molecule has 12 heteroatoms. The van der Waals surface area contributed by atoms with Gasteiger partial charge in [-0.2, -0.15) is 0 Å². The maximum atomic E-state index is 13.2. The first kappa shape index (κ1) is 33.0. The Morgan fingerprint density at radius 3 is 2.55 bits per heavy atom. The van der Waals surface area contributed by atoms with Crippen molar-refractivity contribution in [1.29, 1.82) is 0 Å². The SMILES string of the molecule is CC(C)[C@H](O)C(=O)N[C@@H](C)C(=O)N1CCC[C@@H](C(=O)N[C@H](C)c2ccc3ccc(C=CC4(C(=O)O)CCCOC4)cc3n2)N1. The van der Waals surface area contributed by atoms with Crippen molar-refractivity contribution >= 4 is 40.7 Å².